The number of fused-ring (bicyclic) bond motifs is 3. The molecular formula is C26H24BrN3O2S. The minimum Gasteiger partial charge on any atom is -0.457 e. The van der Waals surface area contributed by atoms with Crippen LogP contribution in [0.4, 0.5) is 5.13 Å². The van der Waals surface area contributed by atoms with Crippen molar-refractivity contribution in [1.82, 2.24) is 9.88 Å². The molecule has 0 bridgehead atoms. The number of halogens is 1. The Morgan fingerprint density at radius 1 is 1.00 bits per heavy atom. The zero-order valence-electron chi connectivity index (χ0n) is 18.5. The molecule has 1 aliphatic heterocycles. The number of rotatable bonds is 6. The van der Waals surface area contributed by atoms with Gasteiger partial charge in [0, 0.05) is 22.1 Å². The lowest BCUT2D eigenvalue weighted by Crippen LogP contribution is -2.38. The number of ether oxygens (including phenoxy) is 1. The fourth-order valence-corrected chi connectivity index (χ4v) is 5.73. The Labute approximate surface area is 205 Å². The van der Waals surface area contributed by atoms with Crippen molar-refractivity contribution in [2.75, 3.05) is 32.1 Å². The predicted octanol–water partition coefficient (Wildman–Crippen LogP) is 6.28. The molecule has 1 aliphatic rings. The van der Waals surface area contributed by atoms with Gasteiger partial charge in [0.1, 0.15) is 11.5 Å². The number of carbonyl (C=O) groups excluding carboxylic acids is 1. The van der Waals surface area contributed by atoms with Crippen LogP contribution in [0.2, 0.25) is 0 Å². The lowest BCUT2D eigenvalue weighted by atomic mass is 9.87. The number of hydrogen-bond donors (Lipinski definition) is 0. The van der Waals surface area contributed by atoms with E-state index in [1.807, 2.05) is 79.7 Å². The smallest absolute Gasteiger partial charge is 0.241 e. The van der Waals surface area contributed by atoms with Gasteiger partial charge in [0.05, 0.1) is 16.1 Å². The molecule has 0 saturated heterocycles. The fourth-order valence-electron chi connectivity index (χ4n) is 4.18. The molecule has 4 aromatic rings. The van der Waals surface area contributed by atoms with Crippen molar-refractivity contribution < 1.29 is 9.53 Å². The minimum absolute atomic E-state index is 0.0232. The van der Waals surface area contributed by atoms with Crippen molar-refractivity contribution in [3.05, 3.63) is 82.3 Å². The maximum absolute atomic E-state index is 14.3. The van der Waals surface area contributed by atoms with Crippen molar-refractivity contribution in [2.24, 2.45) is 0 Å². The molecule has 5 nitrogen and oxygen atoms in total. The van der Waals surface area contributed by atoms with E-state index in [4.69, 9.17) is 9.72 Å². The molecule has 0 aliphatic carbocycles. The molecule has 3 aromatic carbocycles. The molecule has 5 rings (SSSR count). The molecule has 0 atom stereocenters. The number of carbonyl (C=O) groups is 1. The highest BCUT2D eigenvalue weighted by atomic mass is 79.9. The highest BCUT2D eigenvalue weighted by Crippen LogP contribution is 2.45. The normalized spacial score (nSPS) is 13.0. The lowest BCUT2D eigenvalue weighted by Gasteiger charge is -2.31. The van der Waals surface area contributed by atoms with Crippen molar-refractivity contribution in [3.8, 4) is 11.5 Å². The number of thiazole rings is 1. The lowest BCUT2D eigenvalue weighted by molar-refractivity contribution is -0.119. The number of amides is 1. The third-order valence-corrected chi connectivity index (χ3v) is 7.28. The zero-order valence-corrected chi connectivity index (χ0v) is 20.9. The van der Waals surface area contributed by atoms with Gasteiger partial charge in [-0.2, -0.15) is 0 Å². The number of nitrogens with zero attached hydrogens (tertiary/aromatic N) is 3. The van der Waals surface area contributed by atoms with Crippen LogP contribution in [-0.2, 0) is 4.79 Å². The molecule has 0 saturated carbocycles. The molecule has 0 unspecified atom stereocenters. The molecule has 1 aromatic heterocycles. The van der Waals surface area contributed by atoms with Gasteiger partial charge in [0.25, 0.3) is 0 Å². The van der Waals surface area contributed by atoms with Crippen LogP contribution >= 0.6 is 27.3 Å². The molecule has 0 spiro atoms. The van der Waals surface area contributed by atoms with Gasteiger partial charge in [-0.05, 0) is 57.4 Å². The minimum atomic E-state index is -0.441. The summed E-state index contributed by atoms with van der Waals surface area (Å²) in [7, 11) is 4.10. The van der Waals surface area contributed by atoms with Crippen LogP contribution in [0.1, 0.15) is 23.5 Å². The first-order valence-electron chi connectivity index (χ1n) is 10.9. The van der Waals surface area contributed by atoms with Crippen LogP contribution in [0, 0.1) is 0 Å². The average molecular weight is 522 g/mol. The predicted molar refractivity (Wildman–Crippen MR) is 138 cm³/mol. The number of aromatic nitrogens is 1. The van der Waals surface area contributed by atoms with Gasteiger partial charge in [-0.25, -0.2) is 4.98 Å². The first kappa shape index (κ1) is 22.1. The SMILES string of the molecule is CN(C)CCCN(C(=O)C1c2ccccc2Oc2ccccc21)c1nc2ccc(Br)cc2s1. The molecule has 7 heteroatoms. The van der Waals surface area contributed by atoms with E-state index in [-0.39, 0.29) is 5.91 Å². The number of hydrogen-bond acceptors (Lipinski definition) is 5. The number of benzene rings is 3. The Bertz CT molecular complexity index is 1270. The molecule has 2 heterocycles. The summed E-state index contributed by atoms with van der Waals surface area (Å²) in [4.78, 5) is 23.1. The van der Waals surface area contributed by atoms with Gasteiger partial charge in [-0.1, -0.05) is 63.7 Å². The molecule has 168 valence electrons. The third kappa shape index (κ3) is 4.40. The van der Waals surface area contributed by atoms with Gasteiger partial charge in [0.15, 0.2) is 5.13 Å². The molecule has 0 fully saturated rings. The second-order valence-corrected chi connectivity index (χ2v) is 10.3. The van der Waals surface area contributed by atoms with Gasteiger partial charge < -0.3 is 9.64 Å². The van der Waals surface area contributed by atoms with Crippen molar-refractivity contribution in [3.63, 3.8) is 0 Å². The van der Waals surface area contributed by atoms with Gasteiger partial charge in [-0.3, -0.25) is 9.69 Å². The molecule has 1 amide bonds. The van der Waals surface area contributed by atoms with Crippen LogP contribution in [0.15, 0.2) is 71.2 Å². The fraction of sp³-hybridized carbons (Fsp3) is 0.231. The van der Waals surface area contributed by atoms with Crippen molar-refractivity contribution >= 4 is 48.5 Å². The Morgan fingerprint density at radius 2 is 1.67 bits per heavy atom. The van der Waals surface area contributed by atoms with Crippen LogP contribution in [-0.4, -0.2) is 43.0 Å². The third-order valence-electron chi connectivity index (χ3n) is 5.75. The maximum atomic E-state index is 14.3. The summed E-state index contributed by atoms with van der Waals surface area (Å²) in [5.74, 6) is 1.05. The second kappa shape index (κ2) is 9.25. The quantitative estimate of drug-likeness (QED) is 0.299. The summed E-state index contributed by atoms with van der Waals surface area (Å²) in [5.41, 5.74) is 2.68. The van der Waals surface area contributed by atoms with Gasteiger partial charge in [0.2, 0.25) is 5.91 Å². The Kier molecular flexibility index (Phi) is 6.19. The van der Waals surface area contributed by atoms with Crippen molar-refractivity contribution in [1.29, 1.82) is 0 Å². The van der Waals surface area contributed by atoms with E-state index in [1.165, 1.54) is 0 Å². The van der Waals surface area contributed by atoms with Gasteiger partial charge >= 0.3 is 0 Å². The largest absolute Gasteiger partial charge is 0.457 e. The van der Waals surface area contributed by atoms with Crippen LogP contribution in [0.25, 0.3) is 10.2 Å². The second-order valence-electron chi connectivity index (χ2n) is 8.37. The van der Waals surface area contributed by atoms with E-state index in [0.717, 1.165) is 55.4 Å². The first-order chi connectivity index (χ1) is 16.0. The highest BCUT2D eigenvalue weighted by Gasteiger charge is 2.36. The topological polar surface area (TPSA) is 45.7 Å². The Morgan fingerprint density at radius 3 is 2.33 bits per heavy atom. The summed E-state index contributed by atoms with van der Waals surface area (Å²) in [6, 6.07) is 21.7. The zero-order chi connectivity index (χ0) is 22.9. The summed E-state index contributed by atoms with van der Waals surface area (Å²) < 4.78 is 8.18. The van der Waals surface area contributed by atoms with E-state index in [0.29, 0.717) is 6.54 Å². The molecule has 0 radical (unpaired) electrons. The average Bonchev–Trinajstić information content (AvgIpc) is 3.22. The van der Waals surface area contributed by atoms with Crippen LogP contribution < -0.4 is 9.64 Å². The molecule has 33 heavy (non-hydrogen) atoms. The van der Waals surface area contributed by atoms with E-state index in [2.05, 4.69) is 26.9 Å². The van der Waals surface area contributed by atoms with E-state index < -0.39 is 5.92 Å². The van der Waals surface area contributed by atoms with E-state index in [1.54, 1.807) is 11.3 Å². The van der Waals surface area contributed by atoms with Crippen molar-refractivity contribution in [2.45, 2.75) is 12.3 Å². The van der Waals surface area contributed by atoms with Gasteiger partial charge in [-0.15, -0.1) is 0 Å². The summed E-state index contributed by atoms with van der Waals surface area (Å²) >= 11 is 5.10. The molecular weight excluding hydrogens is 498 g/mol. The number of para-hydroxylation sites is 2. The first-order valence-corrected chi connectivity index (χ1v) is 12.5. The monoisotopic (exact) mass is 521 g/mol. The van der Waals surface area contributed by atoms with E-state index >= 15 is 0 Å². The van der Waals surface area contributed by atoms with E-state index in [9.17, 15) is 4.79 Å². The summed E-state index contributed by atoms with van der Waals surface area (Å²) in [5, 5.41) is 0.730. The summed E-state index contributed by atoms with van der Waals surface area (Å²) in [6.07, 6.45) is 0.852. The van der Waals surface area contributed by atoms with Crippen LogP contribution in [0.3, 0.4) is 0 Å². The Hall–Kier alpha value is -2.74. The highest BCUT2D eigenvalue weighted by molar-refractivity contribution is 9.10. The maximum Gasteiger partial charge on any atom is 0.241 e. The summed E-state index contributed by atoms with van der Waals surface area (Å²) in [6.45, 7) is 1.49. The molecule has 0 N–H and O–H groups in total. The Balaban J connectivity index is 1.58. The van der Waals surface area contributed by atoms with Crippen LogP contribution in [0.5, 0.6) is 11.5 Å². The standard InChI is InChI=1S/C26H24BrN3O2S/c1-29(2)14-7-15-30(26-28-20-13-12-17(27)16-23(20)33-26)25(31)24-18-8-3-5-10-21(18)32-22-11-6-4-9-19(22)24/h3-6,8-13,16,24H,7,14-15H2,1-2H3. The number of anilines is 1.